The molecule has 1 aliphatic carbocycles. The summed E-state index contributed by atoms with van der Waals surface area (Å²) in [5.74, 6) is 0. The average Bonchev–Trinajstić information content (AvgIpc) is 2.85. The number of hydrogen-bond acceptors (Lipinski definition) is 3. The van der Waals surface area contributed by atoms with Crippen LogP contribution in [-0.4, -0.2) is 30.8 Å². The normalized spacial score (nSPS) is 18.7. The predicted octanol–water partition coefficient (Wildman–Crippen LogP) is 3.75. The van der Waals surface area contributed by atoms with Crippen LogP contribution in [0.15, 0.2) is 18.2 Å². The molecule has 0 heterocycles. The smallest absolute Gasteiger partial charge is 0.0821 e. The maximum Gasteiger partial charge on any atom is 0.0821 e. The number of anilines is 1. The third-order valence-corrected chi connectivity index (χ3v) is 4.79. The van der Waals surface area contributed by atoms with E-state index in [-0.39, 0.29) is 6.04 Å². The van der Waals surface area contributed by atoms with Gasteiger partial charge >= 0.3 is 0 Å². The molecule has 2 N–H and O–H groups in total. The minimum Gasteiger partial charge on any atom is -0.388 e. The van der Waals surface area contributed by atoms with Crippen molar-refractivity contribution in [3.8, 4) is 0 Å². The van der Waals surface area contributed by atoms with Crippen LogP contribution in [0.1, 0.15) is 51.1 Å². The fourth-order valence-corrected chi connectivity index (χ4v) is 3.58. The molecule has 0 aromatic heterocycles. The Hall–Kier alpha value is -0.770. The van der Waals surface area contributed by atoms with Gasteiger partial charge in [-0.05, 0) is 44.0 Å². The van der Waals surface area contributed by atoms with Crippen LogP contribution >= 0.6 is 11.6 Å². The Kier molecular flexibility index (Phi) is 5.53. The lowest BCUT2D eigenvalue weighted by atomic mass is 10.0. The van der Waals surface area contributed by atoms with Crippen molar-refractivity contribution in [3.05, 3.63) is 28.8 Å². The van der Waals surface area contributed by atoms with Crippen molar-refractivity contribution in [2.75, 3.05) is 25.0 Å². The first-order valence-corrected chi connectivity index (χ1v) is 8.29. The van der Waals surface area contributed by atoms with Crippen LogP contribution in [0.5, 0.6) is 0 Å². The molecular weight excluding hydrogens is 284 g/mol. The Morgan fingerprint density at radius 3 is 2.62 bits per heavy atom. The van der Waals surface area contributed by atoms with Gasteiger partial charge in [0.1, 0.15) is 0 Å². The average molecular weight is 311 g/mol. The molecule has 0 aliphatic heterocycles. The number of nitrogens with zero attached hydrogens (tertiary/aromatic N) is 1. The second-order valence-electron chi connectivity index (χ2n) is 6.27. The number of nitrogens with one attached hydrogen (secondary N) is 1. The summed E-state index contributed by atoms with van der Waals surface area (Å²) in [6.07, 6.45) is 4.07. The van der Waals surface area contributed by atoms with E-state index >= 15 is 0 Å². The third kappa shape index (κ3) is 4.12. The topological polar surface area (TPSA) is 35.5 Å². The molecule has 1 saturated carbocycles. The minimum atomic E-state index is -0.531. The minimum absolute atomic E-state index is 0.251. The van der Waals surface area contributed by atoms with Crippen LogP contribution in [0.4, 0.5) is 5.69 Å². The summed E-state index contributed by atoms with van der Waals surface area (Å²) in [6.45, 7) is 5.81. The molecule has 2 rings (SSSR count). The van der Waals surface area contributed by atoms with E-state index in [1.807, 2.05) is 13.1 Å². The highest BCUT2D eigenvalue weighted by atomic mass is 35.5. The molecule has 3 nitrogen and oxygen atoms in total. The molecule has 1 unspecified atom stereocenters. The van der Waals surface area contributed by atoms with Gasteiger partial charge in [0.2, 0.25) is 0 Å². The monoisotopic (exact) mass is 310 g/mol. The summed E-state index contributed by atoms with van der Waals surface area (Å²) in [5, 5.41) is 14.7. The van der Waals surface area contributed by atoms with E-state index in [9.17, 15) is 5.11 Å². The Balaban J connectivity index is 2.08. The summed E-state index contributed by atoms with van der Waals surface area (Å²) in [7, 11) is 2.02. The van der Waals surface area contributed by atoms with E-state index < -0.39 is 5.60 Å². The van der Waals surface area contributed by atoms with Crippen molar-refractivity contribution in [1.82, 2.24) is 5.32 Å². The van der Waals surface area contributed by atoms with Crippen LogP contribution in [0.2, 0.25) is 5.02 Å². The van der Waals surface area contributed by atoms with Crippen molar-refractivity contribution in [3.63, 3.8) is 0 Å². The molecule has 0 bridgehead atoms. The van der Waals surface area contributed by atoms with Crippen molar-refractivity contribution >= 4 is 17.3 Å². The lowest BCUT2D eigenvalue weighted by Gasteiger charge is -2.30. The van der Waals surface area contributed by atoms with Gasteiger partial charge in [-0.2, -0.15) is 0 Å². The fourth-order valence-electron chi connectivity index (χ4n) is 3.24. The molecule has 1 aliphatic rings. The SMILES string of the molecule is CCNC(C)c1ccc(N(C)CC2(O)CCCC2)cc1Cl. The van der Waals surface area contributed by atoms with E-state index in [4.69, 9.17) is 11.6 Å². The lowest BCUT2D eigenvalue weighted by molar-refractivity contribution is 0.0559. The van der Waals surface area contributed by atoms with Gasteiger partial charge < -0.3 is 15.3 Å². The third-order valence-electron chi connectivity index (χ3n) is 4.47. The Bertz CT molecular complexity index is 472. The Morgan fingerprint density at radius 1 is 1.38 bits per heavy atom. The van der Waals surface area contributed by atoms with Gasteiger partial charge in [0, 0.05) is 30.3 Å². The Labute approximate surface area is 133 Å². The zero-order valence-electron chi connectivity index (χ0n) is 13.3. The van der Waals surface area contributed by atoms with Crippen LogP contribution < -0.4 is 10.2 Å². The van der Waals surface area contributed by atoms with Crippen LogP contribution in [0.25, 0.3) is 0 Å². The second kappa shape index (κ2) is 6.99. The number of halogens is 1. The van der Waals surface area contributed by atoms with Gasteiger partial charge in [-0.25, -0.2) is 0 Å². The zero-order chi connectivity index (χ0) is 15.5. The first-order chi connectivity index (χ1) is 9.95. The van der Waals surface area contributed by atoms with Gasteiger partial charge in [-0.3, -0.25) is 0 Å². The summed E-state index contributed by atoms with van der Waals surface area (Å²) in [5.41, 5.74) is 1.65. The molecule has 0 amide bonds. The molecule has 21 heavy (non-hydrogen) atoms. The van der Waals surface area contributed by atoms with Crippen LogP contribution in [0, 0.1) is 0 Å². The number of aliphatic hydroxyl groups is 1. The summed E-state index contributed by atoms with van der Waals surface area (Å²) in [4.78, 5) is 2.11. The second-order valence-corrected chi connectivity index (χ2v) is 6.68. The Morgan fingerprint density at radius 2 is 2.05 bits per heavy atom. The van der Waals surface area contributed by atoms with Crippen LogP contribution in [0.3, 0.4) is 0 Å². The number of rotatable bonds is 6. The van der Waals surface area contributed by atoms with E-state index in [1.165, 1.54) is 0 Å². The predicted molar refractivity (Wildman–Crippen MR) is 90.2 cm³/mol. The number of hydrogen-bond donors (Lipinski definition) is 2. The summed E-state index contributed by atoms with van der Waals surface area (Å²) >= 11 is 6.43. The first-order valence-electron chi connectivity index (χ1n) is 7.91. The van der Waals surface area contributed by atoms with Gasteiger partial charge in [0.05, 0.1) is 5.60 Å². The molecular formula is C17H27ClN2O. The van der Waals surface area contributed by atoms with Crippen molar-refractivity contribution in [2.45, 2.75) is 51.2 Å². The van der Waals surface area contributed by atoms with Gasteiger partial charge in [-0.1, -0.05) is 37.4 Å². The standard InChI is InChI=1S/C17H27ClN2O/c1-4-19-13(2)15-8-7-14(11-16(15)18)20(3)12-17(21)9-5-6-10-17/h7-8,11,13,19,21H,4-6,9-10,12H2,1-3H3. The van der Waals surface area contributed by atoms with Gasteiger partial charge in [0.15, 0.2) is 0 Å². The highest BCUT2D eigenvalue weighted by Crippen LogP contribution is 2.32. The van der Waals surface area contributed by atoms with Crippen LogP contribution in [-0.2, 0) is 0 Å². The fraction of sp³-hybridized carbons (Fsp3) is 0.647. The first kappa shape index (κ1) is 16.6. The highest BCUT2D eigenvalue weighted by Gasteiger charge is 2.32. The van der Waals surface area contributed by atoms with Crippen molar-refractivity contribution in [1.29, 1.82) is 0 Å². The van der Waals surface area contributed by atoms with E-state index in [0.717, 1.165) is 48.5 Å². The molecule has 118 valence electrons. The van der Waals surface area contributed by atoms with Crippen molar-refractivity contribution in [2.24, 2.45) is 0 Å². The molecule has 0 radical (unpaired) electrons. The largest absolute Gasteiger partial charge is 0.388 e. The summed E-state index contributed by atoms with van der Waals surface area (Å²) in [6, 6.07) is 6.43. The molecule has 0 saturated heterocycles. The van der Waals surface area contributed by atoms with E-state index in [0.29, 0.717) is 6.54 Å². The van der Waals surface area contributed by atoms with E-state index in [1.54, 1.807) is 0 Å². The zero-order valence-corrected chi connectivity index (χ0v) is 14.1. The molecule has 0 spiro atoms. The molecule has 4 heteroatoms. The number of benzene rings is 1. The summed E-state index contributed by atoms with van der Waals surface area (Å²) < 4.78 is 0. The van der Waals surface area contributed by atoms with Gasteiger partial charge in [0.25, 0.3) is 0 Å². The highest BCUT2D eigenvalue weighted by molar-refractivity contribution is 6.31. The van der Waals surface area contributed by atoms with Gasteiger partial charge in [-0.15, -0.1) is 0 Å². The maximum atomic E-state index is 10.5. The molecule has 1 atom stereocenters. The molecule has 1 aromatic rings. The maximum absolute atomic E-state index is 10.5. The lowest BCUT2D eigenvalue weighted by Crippen LogP contribution is -2.39. The number of likely N-dealkylation sites (N-methyl/N-ethyl adjacent to an activating group) is 1. The van der Waals surface area contributed by atoms with Crippen molar-refractivity contribution < 1.29 is 5.11 Å². The van der Waals surface area contributed by atoms with E-state index in [2.05, 4.69) is 36.2 Å². The molecule has 1 fully saturated rings. The quantitative estimate of drug-likeness (QED) is 0.840. The molecule has 1 aromatic carbocycles.